The zero-order valence-corrected chi connectivity index (χ0v) is 25.2. The van der Waals surface area contributed by atoms with Crippen LogP contribution in [0.1, 0.15) is 89.7 Å². The average molecular weight is 610 g/mol. The Labute approximate surface area is 246 Å². The van der Waals surface area contributed by atoms with Gasteiger partial charge < -0.3 is 30.3 Å². The summed E-state index contributed by atoms with van der Waals surface area (Å²) >= 11 is 0. The van der Waals surface area contributed by atoms with Gasteiger partial charge in [0.15, 0.2) is 5.82 Å². The molecule has 4 rings (SSSR count). The van der Waals surface area contributed by atoms with Gasteiger partial charge in [-0.05, 0) is 25.0 Å². The minimum Gasteiger partial charge on any atom is -0.387 e. The lowest BCUT2D eigenvalue weighted by Crippen LogP contribution is -2.41. The highest BCUT2D eigenvalue weighted by molar-refractivity contribution is 7.47. The fourth-order valence-corrected chi connectivity index (χ4v) is 6.59. The van der Waals surface area contributed by atoms with Crippen LogP contribution >= 0.6 is 7.82 Å². The van der Waals surface area contributed by atoms with Crippen LogP contribution in [0.15, 0.2) is 18.5 Å². The van der Waals surface area contributed by atoms with Crippen LogP contribution in [0.25, 0.3) is 5.52 Å². The van der Waals surface area contributed by atoms with E-state index in [1.165, 1.54) is 68.3 Å². The number of aromatic nitrogens is 3. The highest BCUT2D eigenvalue weighted by Gasteiger charge is 2.76. The number of hydrogen-bond donors (Lipinski definition) is 4. The molecular formula is C28H44N5O8P. The summed E-state index contributed by atoms with van der Waals surface area (Å²) in [6.45, 7) is 3.20. The van der Waals surface area contributed by atoms with E-state index in [0.717, 1.165) is 12.8 Å². The molecule has 234 valence electrons. The van der Waals surface area contributed by atoms with E-state index in [1.54, 1.807) is 6.07 Å². The van der Waals surface area contributed by atoms with Gasteiger partial charge >= 0.3 is 7.82 Å². The third kappa shape index (κ3) is 7.31. The van der Waals surface area contributed by atoms with Gasteiger partial charge in [0.05, 0.1) is 12.3 Å². The normalized spacial score (nSPS) is 28.3. The molecular weight excluding hydrogens is 565 g/mol. The van der Waals surface area contributed by atoms with Crippen molar-refractivity contribution in [2.75, 3.05) is 25.6 Å². The molecule has 0 aromatic carbocycles. The summed E-state index contributed by atoms with van der Waals surface area (Å²) in [5.41, 5.74) is 2.79. The Hall–Kier alpha value is -2.14. The summed E-state index contributed by atoms with van der Waals surface area (Å²) in [6, 6.07) is 5.01. The largest absolute Gasteiger partial charge is 0.472 e. The molecule has 1 saturated carbocycles. The van der Waals surface area contributed by atoms with E-state index < -0.39 is 37.3 Å². The number of nitrogens with two attached hydrogens (primary N) is 1. The van der Waals surface area contributed by atoms with E-state index in [2.05, 4.69) is 17.0 Å². The number of nitriles is 1. The fourth-order valence-electron chi connectivity index (χ4n) is 5.60. The maximum atomic E-state index is 12.6. The first-order valence-corrected chi connectivity index (χ1v) is 16.5. The molecule has 1 spiro atoms. The Morgan fingerprint density at radius 1 is 1.07 bits per heavy atom. The zero-order chi connectivity index (χ0) is 30.2. The van der Waals surface area contributed by atoms with Gasteiger partial charge in [-0.15, -0.1) is 0 Å². The van der Waals surface area contributed by atoms with Gasteiger partial charge in [0, 0.05) is 19.6 Å². The monoisotopic (exact) mass is 609 g/mol. The minimum absolute atomic E-state index is 0.0229. The van der Waals surface area contributed by atoms with Gasteiger partial charge in [0.1, 0.15) is 41.8 Å². The van der Waals surface area contributed by atoms with Crippen LogP contribution in [0.2, 0.25) is 0 Å². The van der Waals surface area contributed by atoms with Crippen molar-refractivity contribution in [3.8, 4) is 6.07 Å². The highest BCUT2D eigenvalue weighted by Crippen LogP contribution is 2.62. The molecule has 14 heteroatoms. The summed E-state index contributed by atoms with van der Waals surface area (Å²) in [5.74, 6) is 0.155. The first kappa shape index (κ1) is 32.8. The Morgan fingerprint density at radius 2 is 1.74 bits per heavy atom. The van der Waals surface area contributed by atoms with Gasteiger partial charge in [-0.25, -0.2) is 14.1 Å². The Kier molecular flexibility index (Phi) is 11.4. The lowest BCUT2D eigenvalue weighted by Gasteiger charge is -2.24. The van der Waals surface area contributed by atoms with Gasteiger partial charge in [-0.2, -0.15) is 10.4 Å². The quantitative estimate of drug-likeness (QED) is 0.133. The molecule has 42 heavy (non-hydrogen) atoms. The van der Waals surface area contributed by atoms with Gasteiger partial charge in [-0.1, -0.05) is 64.7 Å². The molecule has 2 fully saturated rings. The summed E-state index contributed by atoms with van der Waals surface area (Å²) in [7, 11) is -4.51. The lowest BCUT2D eigenvalue weighted by atomic mass is 9.92. The Bertz CT molecular complexity index is 1260. The third-order valence-corrected chi connectivity index (χ3v) is 9.10. The van der Waals surface area contributed by atoms with E-state index in [4.69, 9.17) is 24.3 Å². The number of anilines is 1. The predicted octanol–water partition coefficient (Wildman–Crippen LogP) is 3.75. The van der Waals surface area contributed by atoms with Crippen molar-refractivity contribution < 1.29 is 38.2 Å². The summed E-state index contributed by atoms with van der Waals surface area (Å²) < 4.78 is 35.8. The van der Waals surface area contributed by atoms with E-state index in [1.807, 2.05) is 6.07 Å². The molecule has 1 saturated heterocycles. The van der Waals surface area contributed by atoms with Crippen LogP contribution in [-0.2, 0) is 28.7 Å². The molecule has 1 aliphatic heterocycles. The van der Waals surface area contributed by atoms with Crippen LogP contribution in [0.3, 0.4) is 0 Å². The molecule has 2 aliphatic rings. The Morgan fingerprint density at radius 3 is 2.43 bits per heavy atom. The van der Waals surface area contributed by atoms with Crippen molar-refractivity contribution >= 4 is 19.2 Å². The van der Waals surface area contributed by atoms with Crippen LogP contribution < -0.4 is 5.73 Å². The second kappa shape index (κ2) is 14.6. The number of rotatable bonds is 19. The number of fused-ring (bicyclic) bond motifs is 1. The number of ether oxygens (including phenoxy) is 2. The molecule has 5 N–H and O–H groups in total. The number of nitrogen functional groups attached to an aromatic ring is 1. The van der Waals surface area contributed by atoms with Gasteiger partial charge in [0.25, 0.3) is 0 Å². The Balaban J connectivity index is 1.16. The first-order valence-electron chi connectivity index (χ1n) is 15.0. The molecule has 0 amide bonds. The first-order chi connectivity index (χ1) is 20.2. The number of aliphatic hydroxyl groups excluding tert-OH is 2. The number of nitrogens with zero attached hydrogens (tertiary/aromatic N) is 4. The number of phosphoric acid groups is 1. The fraction of sp³-hybridized carbons (Fsp3) is 0.750. The molecule has 6 atom stereocenters. The predicted molar refractivity (Wildman–Crippen MR) is 153 cm³/mol. The number of unbranched alkanes of at least 4 members (excludes halogenated alkanes) is 9. The maximum Gasteiger partial charge on any atom is 0.472 e. The summed E-state index contributed by atoms with van der Waals surface area (Å²) in [6.07, 6.45) is 9.73. The van der Waals surface area contributed by atoms with Crippen LogP contribution in [0.5, 0.6) is 0 Å². The molecule has 1 unspecified atom stereocenters. The lowest BCUT2D eigenvalue weighted by molar-refractivity contribution is -0.0756. The van der Waals surface area contributed by atoms with Crippen LogP contribution in [0, 0.1) is 11.3 Å². The van der Waals surface area contributed by atoms with Crippen molar-refractivity contribution in [3.63, 3.8) is 0 Å². The molecule has 2 aromatic heterocycles. The number of hydrogen-bond acceptors (Lipinski definition) is 11. The molecule has 3 heterocycles. The van der Waals surface area contributed by atoms with Crippen LogP contribution in [-0.4, -0.2) is 73.4 Å². The second-order valence-electron chi connectivity index (χ2n) is 11.2. The van der Waals surface area contributed by atoms with Crippen molar-refractivity contribution in [2.45, 2.75) is 113 Å². The summed E-state index contributed by atoms with van der Waals surface area (Å²) in [5, 5.41) is 36.0. The van der Waals surface area contributed by atoms with Crippen molar-refractivity contribution in [3.05, 3.63) is 24.2 Å². The van der Waals surface area contributed by atoms with Gasteiger partial charge in [0.2, 0.25) is 5.60 Å². The van der Waals surface area contributed by atoms with E-state index in [-0.39, 0.29) is 24.5 Å². The smallest absolute Gasteiger partial charge is 0.387 e. The highest BCUT2D eigenvalue weighted by atomic mass is 31.2. The number of phosphoric ester groups is 1. The molecule has 13 nitrogen and oxygen atoms in total. The topological polar surface area (TPSA) is 195 Å². The molecule has 2 aromatic rings. The average Bonchev–Trinajstić information content (AvgIpc) is 3.34. The van der Waals surface area contributed by atoms with Crippen LogP contribution in [0.4, 0.5) is 5.82 Å². The summed E-state index contributed by atoms with van der Waals surface area (Å²) in [4.78, 5) is 14.1. The zero-order valence-electron chi connectivity index (χ0n) is 24.3. The third-order valence-electron chi connectivity index (χ3n) is 8.08. The second-order valence-corrected chi connectivity index (χ2v) is 12.6. The molecule has 1 aliphatic carbocycles. The van der Waals surface area contributed by atoms with Gasteiger partial charge in [-0.3, -0.25) is 9.05 Å². The van der Waals surface area contributed by atoms with Crippen molar-refractivity contribution in [2.24, 2.45) is 0 Å². The molecule has 0 bridgehead atoms. The van der Waals surface area contributed by atoms with E-state index in [0.29, 0.717) is 25.2 Å². The minimum atomic E-state index is -4.51. The SMILES string of the molecule is CCCCCCCCCCCCOCCCOP(=O)(O)O[C@@H]1C[C@@]12O[C@@](C#N)(c1ccc3c(N)ncnn13)[C@H](O)[C@@H]2O. The van der Waals surface area contributed by atoms with E-state index in [9.17, 15) is 24.9 Å². The van der Waals surface area contributed by atoms with Crippen molar-refractivity contribution in [1.82, 2.24) is 14.6 Å². The molecule has 0 radical (unpaired) electrons. The standard InChI is InChI=1S/C28H44N5O8P/c1-2-3-4-5-6-7-8-9-10-11-15-38-16-12-17-39-42(36,37)40-23-18-27(23)24(34)25(35)28(19-29,41-27)22-14-13-21-26(30)31-20-32-33(21)22/h13-14,20,23-25,34-35H,2-12,15-18H2,1H3,(H,36,37)(H2,30,31,32)/t23-,24+,25-,27-,28+/m1/s1. The van der Waals surface area contributed by atoms with Crippen molar-refractivity contribution in [1.29, 1.82) is 5.26 Å². The van der Waals surface area contributed by atoms with E-state index >= 15 is 0 Å². The maximum absolute atomic E-state index is 12.6. The number of aliphatic hydroxyl groups is 2.